The summed E-state index contributed by atoms with van der Waals surface area (Å²) in [5, 5.41) is 16.2. The predicted molar refractivity (Wildman–Crippen MR) is 49.3 cm³/mol. The standard InChI is InChI=1S/C8H16O3.CH4O/c1-5-6(2)11-8(9)4-7(5)10-3;1-2/h5-9H,4H2,1-3H3;2H,1H3/t5-,6-,7+,8-;/m1./s1. The summed E-state index contributed by atoms with van der Waals surface area (Å²) in [5.41, 5.74) is 0. The lowest BCUT2D eigenvalue weighted by Crippen LogP contribution is -2.42. The zero-order valence-corrected chi connectivity index (χ0v) is 8.73. The van der Waals surface area contributed by atoms with E-state index in [2.05, 4.69) is 6.92 Å². The number of aliphatic hydroxyl groups excluding tert-OH is 2. The van der Waals surface area contributed by atoms with Crippen molar-refractivity contribution in [2.75, 3.05) is 14.2 Å². The lowest BCUT2D eigenvalue weighted by atomic mass is 9.93. The minimum absolute atomic E-state index is 0.0868. The Morgan fingerprint density at radius 3 is 2.31 bits per heavy atom. The molecule has 13 heavy (non-hydrogen) atoms. The molecule has 2 N–H and O–H groups in total. The molecule has 0 saturated carbocycles. The molecule has 1 saturated heterocycles. The highest BCUT2D eigenvalue weighted by Gasteiger charge is 2.32. The van der Waals surface area contributed by atoms with Crippen molar-refractivity contribution in [2.24, 2.45) is 5.92 Å². The van der Waals surface area contributed by atoms with E-state index in [1.54, 1.807) is 7.11 Å². The fraction of sp³-hybridized carbons (Fsp3) is 1.00. The summed E-state index contributed by atoms with van der Waals surface area (Å²) in [6.45, 7) is 4.03. The first-order chi connectivity index (χ1) is 6.15. The average molecular weight is 192 g/mol. The second-order valence-corrected chi connectivity index (χ2v) is 3.16. The summed E-state index contributed by atoms with van der Waals surface area (Å²) in [6, 6.07) is 0. The first kappa shape index (κ1) is 12.8. The van der Waals surface area contributed by atoms with Crippen molar-refractivity contribution in [1.29, 1.82) is 0 Å². The number of rotatable bonds is 1. The molecule has 0 spiro atoms. The van der Waals surface area contributed by atoms with Crippen LogP contribution in [0.5, 0.6) is 0 Å². The molecule has 1 aliphatic heterocycles. The van der Waals surface area contributed by atoms with Gasteiger partial charge in [-0.15, -0.1) is 0 Å². The highest BCUT2D eigenvalue weighted by atomic mass is 16.6. The molecule has 80 valence electrons. The van der Waals surface area contributed by atoms with E-state index >= 15 is 0 Å². The lowest BCUT2D eigenvalue weighted by molar-refractivity contribution is -0.210. The molecule has 1 fully saturated rings. The van der Waals surface area contributed by atoms with E-state index in [1.807, 2.05) is 6.92 Å². The molecule has 0 amide bonds. The molecule has 0 aliphatic carbocycles. The van der Waals surface area contributed by atoms with Crippen molar-refractivity contribution in [3.05, 3.63) is 0 Å². The van der Waals surface area contributed by atoms with Gasteiger partial charge in [0.15, 0.2) is 6.29 Å². The van der Waals surface area contributed by atoms with Gasteiger partial charge in [-0.25, -0.2) is 0 Å². The molecule has 1 aliphatic rings. The SMILES string of the molecule is CO.CO[C@H]1C[C@H](O)O[C@H](C)[C@H]1C. The van der Waals surface area contributed by atoms with Gasteiger partial charge in [0.05, 0.1) is 12.2 Å². The van der Waals surface area contributed by atoms with Gasteiger partial charge in [-0.3, -0.25) is 0 Å². The Bertz CT molecular complexity index is 129. The molecular formula is C9H20O4. The van der Waals surface area contributed by atoms with Crippen LogP contribution in [0.1, 0.15) is 20.3 Å². The maximum atomic E-state index is 9.20. The van der Waals surface area contributed by atoms with E-state index in [0.29, 0.717) is 12.3 Å². The van der Waals surface area contributed by atoms with Gasteiger partial charge in [-0.05, 0) is 6.92 Å². The van der Waals surface area contributed by atoms with Gasteiger partial charge in [0.2, 0.25) is 0 Å². The van der Waals surface area contributed by atoms with Crippen LogP contribution in [0.2, 0.25) is 0 Å². The smallest absolute Gasteiger partial charge is 0.157 e. The van der Waals surface area contributed by atoms with Crippen molar-refractivity contribution in [3.8, 4) is 0 Å². The topological polar surface area (TPSA) is 58.9 Å². The fourth-order valence-electron chi connectivity index (χ4n) is 1.45. The maximum absolute atomic E-state index is 9.20. The Morgan fingerprint density at radius 2 is 1.85 bits per heavy atom. The fourth-order valence-corrected chi connectivity index (χ4v) is 1.45. The molecule has 4 nitrogen and oxygen atoms in total. The summed E-state index contributed by atoms with van der Waals surface area (Å²) in [5.74, 6) is 0.364. The molecule has 0 unspecified atom stereocenters. The summed E-state index contributed by atoms with van der Waals surface area (Å²) in [6.07, 6.45) is 0.158. The minimum atomic E-state index is -0.647. The number of methoxy groups -OCH3 is 1. The van der Waals surface area contributed by atoms with E-state index in [1.165, 1.54) is 0 Å². The van der Waals surface area contributed by atoms with Crippen LogP contribution < -0.4 is 0 Å². The monoisotopic (exact) mass is 192 g/mol. The van der Waals surface area contributed by atoms with E-state index in [4.69, 9.17) is 14.6 Å². The Hall–Kier alpha value is -0.160. The highest BCUT2D eigenvalue weighted by molar-refractivity contribution is 4.77. The summed E-state index contributed by atoms with van der Waals surface area (Å²) < 4.78 is 10.4. The van der Waals surface area contributed by atoms with Gasteiger partial charge in [0.1, 0.15) is 0 Å². The number of hydrogen-bond donors (Lipinski definition) is 2. The third kappa shape index (κ3) is 3.60. The molecule has 0 bridgehead atoms. The Balaban J connectivity index is 0.000000671. The average Bonchev–Trinajstić information content (AvgIpc) is 2.14. The highest BCUT2D eigenvalue weighted by Crippen LogP contribution is 2.25. The number of aliphatic hydroxyl groups is 2. The second kappa shape index (κ2) is 6.32. The minimum Gasteiger partial charge on any atom is -0.400 e. The van der Waals surface area contributed by atoms with Crippen molar-refractivity contribution < 1.29 is 19.7 Å². The Morgan fingerprint density at radius 1 is 1.31 bits per heavy atom. The zero-order chi connectivity index (χ0) is 10.4. The van der Waals surface area contributed by atoms with Crippen LogP contribution in [-0.4, -0.2) is 42.9 Å². The van der Waals surface area contributed by atoms with Crippen molar-refractivity contribution in [3.63, 3.8) is 0 Å². The first-order valence-electron chi connectivity index (χ1n) is 4.46. The summed E-state index contributed by atoms with van der Waals surface area (Å²) in [4.78, 5) is 0. The van der Waals surface area contributed by atoms with Crippen LogP contribution >= 0.6 is 0 Å². The van der Waals surface area contributed by atoms with Crippen molar-refractivity contribution in [1.82, 2.24) is 0 Å². The molecule has 0 aromatic carbocycles. The molecular weight excluding hydrogens is 172 g/mol. The van der Waals surface area contributed by atoms with E-state index in [-0.39, 0.29) is 12.2 Å². The van der Waals surface area contributed by atoms with Crippen LogP contribution in [0.15, 0.2) is 0 Å². The molecule has 4 heteroatoms. The molecule has 1 rings (SSSR count). The quantitative estimate of drug-likeness (QED) is 0.630. The van der Waals surface area contributed by atoms with Crippen molar-refractivity contribution >= 4 is 0 Å². The molecule has 1 heterocycles. The number of hydrogen-bond acceptors (Lipinski definition) is 4. The molecule has 4 atom stereocenters. The first-order valence-corrected chi connectivity index (χ1v) is 4.46. The van der Waals surface area contributed by atoms with Crippen LogP contribution in [0.3, 0.4) is 0 Å². The third-order valence-corrected chi connectivity index (χ3v) is 2.44. The summed E-state index contributed by atoms with van der Waals surface area (Å²) >= 11 is 0. The van der Waals surface area contributed by atoms with Gasteiger partial charge in [-0.1, -0.05) is 6.92 Å². The van der Waals surface area contributed by atoms with Gasteiger partial charge in [0.25, 0.3) is 0 Å². The molecule has 0 aromatic heterocycles. The van der Waals surface area contributed by atoms with Crippen molar-refractivity contribution in [2.45, 2.75) is 38.8 Å². The van der Waals surface area contributed by atoms with Gasteiger partial charge in [-0.2, -0.15) is 0 Å². The largest absolute Gasteiger partial charge is 0.400 e. The maximum Gasteiger partial charge on any atom is 0.157 e. The van der Waals surface area contributed by atoms with Crippen LogP contribution in [-0.2, 0) is 9.47 Å². The molecule has 0 radical (unpaired) electrons. The Kier molecular flexibility index (Phi) is 6.24. The predicted octanol–water partition coefficient (Wildman–Crippen LogP) is 0.373. The van der Waals surface area contributed by atoms with Crippen LogP contribution in [0.4, 0.5) is 0 Å². The zero-order valence-electron chi connectivity index (χ0n) is 8.73. The summed E-state index contributed by atoms with van der Waals surface area (Å²) in [7, 11) is 2.67. The van der Waals surface area contributed by atoms with Gasteiger partial charge >= 0.3 is 0 Å². The molecule has 0 aromatic rings. The number of ether oxygens (including phenoxy) is 2. The Labute approximate surface area is 79.5 Å². The second-order valence-electron chi connectivity index (χ2n) is 3.16. The lowest BCUT2D eigenvalue weighted by Gasteiger charge is -2.35. The third-order valence-electron chi connectivity index (χ3n) is 2.44. The normalized spacial score (nSPS) is 39.2. The van der Waals surface area contributed by atoms with Gasteiger partial charge in [0, 0.05) is 26.6 Å². The van der Waals surface area contributed by atoms with E-state index in [9.17, 15) is 5.11 Å². The van der Waals surface area contributed by atoms with Crippen LogP contribution in [0.25, 0.3) is 0 Å². The van der Waals surface area contributed by atoms with E-state index in [0.717, 1.165) is 7.11 Å². The van der Waals surface area contributed by atoms with Gasteiger partial charge < -0.3 is 19.7 Å². The van der Waals surface area contributed by atoms with E-state index < -0.39 is 6.29 Å². The van der Waals surface area contributed by atoms with Crippen LogP contribution in [0, 0.1) is 5.92 Å².